The van der Waals surface area contributed by atoms with Gasteiger partial charge in [0.2, 0.25) is 0 Å². The summed E-state index contributed by atoms with van der Waals surface area (Å²) in [4.78, 5) is 26.0. The van der Waals surface area contributed by atoms with Gasteiger partial charge in [-0.25, -0.2) is 14.3 Å². The molecule has 9 heteroatoms. The lowest BCUT2D eigenvalue weighted by Crippen LogP contribution is -2.33. The number of aromatic nitrogens is 2. The van der Waals surface area contributed by atoms with Crippen LogP contribution >= 0.6 is 11.6 Å². The van der Waals surface area contributed by atoms with E-state index < -0.39 is 6.03 Å². The van der Waals surface area contributed by atoms with Gasteiger partial charge in [0.05, 0.1) is 11.4 Å². The summed E-state index contributed by atoms with van der Waals surface area (Å²) in [5.41, 5.74) is 2.91. The minimum Gasteiger partial charge on any atom is -0.334 e. The molecule has 2 aromatic carbocycles. The summed E-state index contributed by atoms with van der Waals surface area (Å²) in [6.07, 6.45) is 0. The van der Waals surface area contributed by atoms with Crippen LogP contribution in [0.3, 0.4) is 0 Å². The van der Waals surface area contributed by atoms with E-state index in [1.54, 1.807) is 43.0 Å². The van der Waals surface area contributed by atoms with Crippen LogP contribution in [0, 0.1) is 0 Å². The van der Waals surface area contributed by atoms with Crippen molar-refractivity contribution >= 4 is 35.2 Å². The van der Waals surface area contributed by atoms with E-state index in [1.165, 1.54) is 4.90 Å². The maximum atomic E-state index is 12.7. The van der Waals surface area contributed by atoms with E-state index in [0.29, 0.717) is 23.1 Å². The lowest BCUT2D eigenvalue weighted by Gasteiger charge is -2.14. The molecule has 3 rings (SSSR count). The van der Waals surface area contributed by atoms with Gasteiger partial charge < -0.3 is 15.5 Å². The number of urea groups is 2. The predicted molar refractivity (Wildman–Crippen MR) is 132 cm³/mol. The zero-order chi connectivity index (χ0) is 24.2. The Bertz CT molecular complexity index is 1130. The van der Waals surface area contributed by atoms with Gasteiger partial charge >= 0.3 is 12.1 Å². The molecule has 4 amide bonds. The number of amides is 4. The van der Waals surface area contributed by atoms with Crippen molar-refractivity contribution < 1.29 is 9.59 Å². The van der Waals surface area contributed by atoms with E-state index in [2.05, 4.69) is 36.7 Å². The van der Waals surface area contributed by atoms with Gasteiger partial charge in [0.25, 0.3) is 0 Å². The van der Waals surface area contributed by atoms with Crippen LogP contribution in [0.5, 0.6) is 0 Å². The summed E-state index contributed by atoms with van der Waals surface area (Å²) in [7, 11) is 3.38. The van der Waals surface area contributed by atoms with E-state index in [9.17, 15) is 9.59 Å². The number of hydrogen-bond acceptors (Lipinski definition) is 3. The molecule has 0 aliphatic rings. The van der Waals surface area contributed by atoms with Gasteiger partial charge in [-0.2, -0.15) is 5.10 Å². The van der Waals surface area contributed by atoms with Crippen molar-refractivity contribution in [2.45, 2.75) is 32.7 Å². The number of anilines is 2. The third-order valence-corrected chi connectivity index (χ3v) is 5.08. The van der Waals surface area contributed by atoms with Crippen LogP contribution in [-0.4, -0.2) is 40.8 Å². The van der Waals surface area contributed by atoms with E-state index in [1.807, 2.05) is 30.3 Å². The summed E-state index contributed by atoms with van der Waals surface area (Å²) < 4.78 is 1.69. The highest BCUT2D eigenvalue weighted by molar-refractivity contribution is 6.30. The Labute approximate surface area is 198 Å². The molecule has 3 N–H and O–H groups in total. The van der Waals surface area contributed by atoms with Gasteiger partial charge in [0.15, 0.2) is 0 Å². The van der Waals surface area contributed by atoms with Crippen molar-refractivity contribution in [1.29, 1.82) is 0 Å². The molecular weight excluding hydrogens is 440 g/mol. The number of carbonyl (C=O) groups excluding carboxylic acids is 2. The van der Waals surface area contributed by atoms with Gasteiger partial charge in [-0.1, -0.05) is 44.5 Å². The Morgan fingerprint density at radius 3 is 2.36 bits per heavy atom. The third-order valence-electron chi connectivity index (χ3n) is 4.83. The molecule has 0 aliphatic heterocycles. The Kier molecular flexibility index (Phi) is 7.28. The standard InChI is InChI=1S/C24H29ClN6O2/c1-24(2,3)20-14-21(28-22(32)27-18-11-9-17(25)10-12-18)31(29-20)19-8-6-7-16(13-19)15-26-23(33)30(4)5/h6-14H,15H2,1-5H3,(H,26,33)(H2,27,28,32). The van der Waals surface area contributed by atoms with Crippen LogP contribution in [-0.2, 0) is 12.0 Å². The number of benzene rings is 2. The van der Waals surface area contributed by atoms with Crippen LogP contribution in [0.15, 0.2) is 54.6 Å². The van der Waals surface area contributed by atoms with Gasteiger partial charge in [0, 0.05) is 42.8 Å². The topological polar surface area (TPSA) is 91.3 Å². The summed E-state index contributed by atoms with van der Waals surface area (Å²) in [6.45, 7) is 6.55. The fourth-order valence-corrected chi connectivity index (χ4v) is 3.11. The molecule has 1 heterocycles. The maximum Gasteiger partial charge on any atom is 0.324 e. The second kappa shape index (κ2) is 9.95. The molecule has 0 bridgehead atoms. The zero-order valence-electron chi connectivity index (χ0n) is 19.4. The first-order valence-corrected chi connectivity index (χ1v) is 10.9. The van der Waals surface area contributed by atoms with Crippen molar-refractivity contribution in [2.24, 2.45) is 0 Å². The van der Waals surface area contributed by atoms with Crippen molar-refractivity contribution in [3.8, 4) is 5.69 Å². The minimum absolute atomic E-state index is 0.171. The second-order valence-corrected chi connectivity index (χ2v) is 9.32. The number of carbonyl (C=O) groups is 2. The molecule has 0 fully saturated rings. The average Bonchev–Trinajstić information content (AvgIpc) is 3.18. The van der Waals surface area contributed by atoms with E-state index in [-0.39, 0.29) is 11.4 Å². The average molecular weight is 469 g/mol. The number of rotatable bonds is 5. The fraction of sp³-hybridized carbons (Fsp3) is 0.292. The number of nitrogens with zero attached hydrogens (tertiary/aromatic N) is 3. The molecular formula is C24H29ClN6O2. The van der Waals surface area contributed by atoms with Crippen LogP contribution in [0.4, 0.5) is 21.1 Å². The molecule has 0 unspecified atom stereocenters. The lowest BCUT2D eigenvalue weighted by molar-refractivity contribution is 0.217. The van der Waals surface area contributed by atoms with Gasteiger partial charge in [-0.3, -0.25) is 5.32 Å². The largest absolute Gasteiger partial charge is 0.334 e. The first-order chi connectivity index (χ1) is 15.5. The monoisotopic (exact) mass is 468 g/mol. The zero-order valence-corrected chi connectivity index (χ0v) is 20.2. The van der Waals surface area contributed by atoms with E-state index >= 15 is 0 Å². The first-order valence-electron chi connectivity index (χ1n) is 10.5. The van der Waals surface area contributed by atoms with Crippen molar-refractivity contribution in [2.75, 3.05) is 24.7 Å². The quantitative estimate of drug-likeness (QED) is 0.478. The molecule has 0 spiro atoms. The molecule has 33 heavy (non-hydrogen) atoms. The smallest absolute Gasteiger partial charge is 0.324 e. The van der Waals surface area contributed by atoms with Gasteiger partial charge in [-0.05, 0) is 42.0 Å². The summed E-state index contributed by atoms with van der Waals surface area (Å²) in [6, 6.07) is 15.8. The SMILES string of the molecule is CN(C)C(=O)NCc1cccc(-n2nc(C(C)(C)C)cc2NC(=O)Nc2ccc(Cl)cc2)c1. The normalized spacial score (nSPS) is 11.1. The van der Waals surface area contributed by atoms with Gasteiger partial charge in [-0.15, -0.1) is 0 Å². The highest BCUT2D eigenvalue weighted by atomic mass is 35.5. The van der Waals surface area contributed by atoms with Crippen molar-refractivity contribution in [3.05, 3.63) is 70.9 Å². The summed E-state index contributed by atoms with van der Waals surface area (Å²) in [5, 5.41) is 13.9. The Morgan fingerprint density at radius 1 is 1.03 bits per heavy atom. The number of nitrogens with one attached hydrogen (secondary N) is 3. The number of hydrogen-bond donors (Lipinski definition) is 3. The van der Waals surface area contributed by atoms with Crippen LogP contribution in [0.2, 0.25) is 5.02 Å². The molecule has 0 atom stereocenters. The number of halogens is 1. The molecule has 0 saturated carbocycles. The molecule has 174 valence electrons. The predicted octanol–water partition coefficient (Wildman–Crippen LogP) is 5.24. The highest BCUT2D eigenvalue weighted by Crippen LogP contribution is 2.27. The van der Waals surface area contributed by atoms with Crippen molar-refractivity contribution in [3.63, 3.8) is 0 Å². The molecule has 1 aromatic heterocycles. The van der Waals surface area contributed by atoms with Crippen LogP contribution < -0.4 is 16.0 Å². The fourth-order valence-electron chi connectivity index (χ4n) is 2.98. The van der Waals surface area contributed by atoms with E-state index in [0.717, 1.165) is 16.9 Å². The lowest BCUT2D eigenvalue weighted by atomic mass is 9.92. The van der Waals surface area contributed by atoms with Crippen LogP contribution in [0.1, 0.15) is 32.0 Å². The molecule has 3 aromatic rings. The van der Waals surface area contributed by atoms with Crippen molar-refractivity contribution in [1.82, 2.24) is 20.0 Å². The van der Waals surface area contributed by atoms with E-state index in [4.69, 9.17) is 16.7 Å². The van der Waals surface area contributed by atoms with Gasteiger partial charge in [0.1, 0.15) is 5.82 Å². The second-order valence-electron chi connectivity index (χ2n) is 8.89. The Balaban J connectivity index is 1.86. The Hall–Kier alpha value is -3.52. The minimum atomic E-state index is -0.395. The Morgan fingerprint density at radius 2 is 1.73 bits per heavy atom. The summed E-state index contributed by atoms with van der Waals surface area (Å²) >= 11 is 5.91. The first kappa shape index (κ1) is 24.1. The summed E-state index contributed by atoms with van der Waals surface area (Å²) in [5.74, 6) is 0.529. The molecule has 0 radical (unpaired) electrons. The highest BCUT2D eigenvalue weighted by Gasteiger charge is 2.21. The molecule has 0 saturated heterocycles. The van der Waals surface area contributed by atoms with Crippen LogP contribution in [0.25, 0.3) is 5.69 Å². The maximum absolute atomic E-state index is 12.7. The molecule has 0 aliphatic carbocycles. The third kappa shape index (κ3) is 6.49. The molecule has 8 nitrogen and oxygen atoms in total.